The zero-order valence-corrected chi connectivity index (χ0v) is 11.3. The molecule has 0 aromatic carbocycles. The average molecular weight is 254 g/mol. The van der Waals surface area contributed by atoms with Crippen LogP contribution in [0.1, 0.15) is 12.8 Å². The van der Waals surface area contributed by atoms with Crippen molar-refractivity contribution in [2.24, 2.45) is 0 Å². The zero-order valence-electron chi connectivity index (χ0n) is 11.3. The lowest BCUT2D eigenvalue weighted by Crippen LogP contribution is -2.55. The van der Waals surface area contributed by atoms with Gasteiger partial charge < -0.3 is 19.6 Å². The number of piperazine rings is 1. The number of rotatable bonds is 0. The molecule has 0 atom stereocenters. The van der Waals surface area contributed by atoms with Crippen LogP contribution in [0.2, 0.25) is 0 Å². The molecule has 2 saturated heterocycles. The molecule has 0 aromatic heterocycles. The summed E-state index contributed by atoms with van der Waals surface area (Å²) in [6, 6.07) is 0.174. The molecule has 0 aromatic rings. The lowest BCUT2D eigenvalue weighted by molar-refractivity contribution is 0.115. The molecule has 0 aliphatic carbocycles. The summed E-state index contributed by atoms with van der Waals surface area (Å²) in [6.07, 6.45) is 2.23. The first-order valence-electron chi connectivity index (χ1n) is 6.59. The van der Waals surface area contributed by atoms with Crippen LogP contribution in [0, 0.1) is 0 Å². The van der Waals surface area contributed by atoms with Crippen molar-refractivity contribution in [1.82, 2.24) is 19.6 Å². The highest BCUT2D eigenvalue weighted by atomic mass is 16.2. The van der Waals surface area contributed by atoms with Gasteiger partial charge in [-0.05, 0) is 12.8 Å². The van der Waals surface area contributed by atoms with Crippen LogP contribution in [0.25, 0.3) is 0 Å². The van der Waals surface area contributed by atoms with Gasteiger partial charge in [0.2, 0.25) is 0 Å². The van der Waals surface area contributed by atoms with Gasteiger partial charge in [0.1, 0.15) is 0 Å². The molecule has 2 aliphatic rings. The quantitative estimate of drug-likeness (QED) is 0.632. The van der Waals surface area contributed by atoms with Crippen LogP contribution in [0.4, 0.5) is 9.59 Å². The Morgan fingerprint density at radius 3 is 1.72 bits per heavy atom. The van der Waals surface area contributed by atoms with Gasteiger partial charge in [-0.3, -0.25) is 0 Å². The van der Waals surface area contributed by atoms with Gasteiger partial charge in [-0.15, -0.1) is 0 Å². The fourth-order valence-electron chi connectivity index (χ4n) is 2.48. The Morgan fingerprint density at radius 1 is 0.778 bits per heavy atom. The van der Waals surface area contributed by atoms with Gasteiger partial charge in [0.15, 0.2) is 0 Å². The van der Waals surface area contributed by atoms with Crippen LogP contribution in [0.3, 0.4) is 0 Å². The summed E-state index contributed by atoms with van der Waals surface area (Å²) in [6.45, 7) is 4.34. The smallest absolute Gasteiger partial charge is 0.320 e. The molecule has 102 valence electrons. The molecule has 0 unspecified atom stereocenters. The first kappa shape index (κ1) is 13.0. The minimum Gasteiger partial charge on any atom is -0.331 e. The summed E-state index contributed by atoms with van der Waals surface area (Å²) in [5.74, 6) is 0. The summed E-state index contributed by atoms with van der Waals surface area (Å²) >= 11 is 0. The van der Waals surface area contributed by atoms with Crippen molar-refractivity contribution < 1.29 is 9.59 Å². The first-order chi connectivity index (χ1) is 8.59. The van der Waals surface area contributed by atoms with E-state index in [9.17, 15) is 9.59 Å². The number of likely N-dealkylation sites (tertiary alicyclic amines) is 1. The summed E-state index contributed by atoms with van der Waals surface area (Å²) in [5.41, 5.74) is 0. The van der Waals surface area contributed by atoms with Gasteiger partial charge in [0.25, 0.3) is 0 Å². The summed E-state index contributed by atoms with van der Waals surface area (Å²) in [7, 11) is 3.51. The first-order valence-corrected chi connectivity index (χ1v) is 6.59. The van der Waals surface area contributed by atoms with Gasteiger partial charge in [-0.25, -0.2) is 9.59 Å². The fraction of sp³-hybridized carbons (Fsp3) is 0.833. The number of carbonyl (C=O) groups is 2. The van der Waals surface area contributed by atoms with Gasteiger partial charge in [0.05, 0.1) is 0 Å². The van der Waals surface area contributed by atoms with E-state index >= 15 is 0 Å². The highest BCUT2D eigenvalue weighted by Crippen LogP contribution is 2.12. The predicted octanol–water partition coefficient (Wildman–Crippen LogP) is 0.501. The van der Waals surface area contributed by atoms with Crippen LogP contribution in [0.5, 0.6) is 0 Å². The van der Waals surface area contributed by atoms with Crippen molar-refractivity contribution in [2.75, 3.05) is 53.4 Å². The van der Waals surface area contributed by atoms with Crippen LogP contribution in [-0.4, -0.2) is 85.0 Å². The van der Waals surface area contributed by atoms with Crippen molar-refractivity contribution in [1.29, 1.82) is 0 Å². The van der Waals surface area contributed by atoms with E-state index in [1.165, 1.54) is 0 Å². The molecular weight excluding hydrogens is 232 g/mol. The second kappa shape index (κ2) is 5.46. The van der Waals surface area contributed by atoms with Crippen molar-refractivity contribution in [3.63, 3.8) is 0 Å². The van der Waals surface area contributed by atoms with Crippen LogP contribution in [-0.2, 0) is 0 Å². The lowest BCUT2D eigenvalue weighted by atomic mass is 10.3. The molecule has 6 heteroatoms. The molecule has 0 N–H and O–H groups in total. The van der Waals surface area contributed by atoms with Crippen molar-refractivity contribution >= 4 is 12.1 Å². The van der Waals surface area contributed by atoms with E-state index in [0.29, 0.717) is 26.2 Å². The Balaban J connectivity index is 1.82. The standard InChI is InChI=1S/C12H22N4O2/c1-13(2)11(17)15-7-9-16(10-8-15)12(18)14-5-3-4-6-14/h3-10H2,1-2H3. The maximum Gasteiger partial charge on any atom is 0.320 e. The van der Waals surface area contributed by atoms with Crippen LogP contribution in [0.15, 0.2) is 0 Å². The van der Waals surface area contributed by atoms with E-state index in [-0.39, 0.29) is 12.1 Å². The van der Waals surface area contributed by atoms with Gasteiger partial charge in [-0.2, -0.15) is 0 Å². The topological polar surface area (TPSA) is 47.1 Å². The molecule has 2 fully saturated rings. The maximum absolute atomic E-state index is 12.1. The molecule has 0 bridgehead atoms. The summed E-state index contributed by atoms with van der Waals surface area (Å²) in [5, 5.41) is 0. The summed E-state index contributed by atoms with van der Waals surface area (Å²) < 4.78 is 0. The molecule has 6 nitrogen and oxygen atoms in total. The monoisotopic (exact) mass is 254 g/mol. The summed E-state index contributed by atoms with van der Waals surface area (Å²) in [4.78, 5) is 31.1. The molecule has 0 radical (unpaired) electrons. The molecule has 4 amide bonds. The van der Waals surface area contributed by atoms with E-state index in [4.69, 9.17) is 0 Å². The van der Waals surface area contributed by atoms with E-state index < -0.39 is 0 Å². The van der Waals surface area contributed by atoms with Crippen LogP contribution >= 0.6 is 0 Å². The zero-order chi connectivity index (χ0) is 13.1. The van der Waals surface area contributed by atoms with Crippen molar-refractivity contribution in [2.45, 2.75) is 12.8 Å². The second-order valence-electron chi connectivity index (χ2n) is 5.13. The number of hydrogen-bond donors (Lipinski definition) is 0. The molecule has 2 heterocycles. The number of nitrogens with zero attached hydrogens (tertiary/aromatic N) is 4. The Kier molecular flexibility index (Phi) is 3.93. The van der Waals surface area contributed by atoms with E-state index in [2.05, 4.69) is 0 Å². The second-order valence-corrected chi connectivity index (χ2v) is 5.13. The minimum atomic E-state index is 0.0308. The van der Waals surface area contributed by atoms with Gasteiger partial charge >= 0.3 is 12.1 Å². The van der Waals surface area contributed by atoms with Crippen molar-refractivity contribution in [3.8, 4) is 0 Å². The highest BCUT2D eigenvalue weighted by Gasteiger charge is 2.28. The van der Waals surface area contributed by atoms with E-state index in [0.717, 1.165) is 25.9 Å². The Bertz CT molecular complexity index is 318. The third-order valence-electron chi connectivity index (χ3n) is 3.58. The molecule has 0 spiro atoms. The minimum absolute atomic E-state index is 0.0308. The van der Waals surface area contributed by atoms with Crippen molar-refractivity contribution in [3.05, 3.63) is 0 Å². The number of urea groups is 2. The van der Waals surface area contributed by atoms with E-state index in [1.807, 2.05) is 9.80 Å². The molecule has 0 saturated carbocycles. The Labute approximate surface area is 108 Å². The Hall–Kier alpha value is -1.46. The Morgan fingerprint density at radius 2 is 1.22 bits per heavy atom. The van der Waals surface area contributed by atoms with Crippen LogP contribution < -0.4 is 0 Å². The SMILES string of the molecule is CN(C)C(=O)N1CCN(C(=O)N2CCCC2)CC1. The molecule has 18 heavy (non-hydrogen) atoms. The molecule has 2 aliphatic heterocycles. The van der Waals surface area contributed by atoms with E-state index in [1.54, 1.807) is 23.9 Å². The normalized spacial score (nSPS) is 20.2. The lowest BCUT2D eigenvalue weighted by Gasteiger charge is -2.37. The third-order valence-corrected chi connectivity index (χ3v) is 3.58. The van der Waals surface area contributed by atoms with Gasteiger partial charge in [0, 0.05) is 53.4 Å². The number of hydrogen-bond acceptors (Lipinski definition) is 2. The number of amides is 4. The number of carbonyl (C=O) groups excluding carboxylic acids is 2. The molecular formula is C12H22N4O2. The average Bonchev–Trinajstić information content (AvgIpc) is 2.91. The third kappa shape index (κ3) is 2.68. The highest BCUT2D eigenvalue weighted by molar-refractivity contribution is 5.76. The maximum atomic E-state index is 12.1. The van der Waals surface area contributed by atoms with Gasteiger partial charge in [-0.1, -0.05) is 0 Å². The fourth-order valence-corrected chi connectivity index (χ4v) is 2.48. The predicted molar refractivity (Wildman–Crippen MR) is 68.4 cm³/mol. The largest absolute Gasteiger partial charge is 0.331 e. The molecule has 2 rings (SSSR count).